The fourth-order valence-electron chi connectivity index (χ4n) is 2.20. The first-order chi connectivity index (χ1) is 10.1. The first kappa shape index (κ1) is 16.1. The standard InChI is InChI=1S/C16H18Cl2N2O/c1-19-15(16-14(18)9-12(17)10-20-16)8-5-11-3-6-13(21-2)7-4-11/h3-4,6-7,9-10,15,19H,5,8H2,1-2H3. The average molecular weight is 325 g/mol. The van der Waals surface area contributed by atoms with Gasteiger partial charge in [0.25, 0.3) is 0 Å². The van der Waals surface area contributed by atoms with Crippen LogP contribution in [0.1, 0.15) is 23.7 Å². The molecule has 5 heteroatoms. The Morgan fingerprint density at radius 2 is 1.95 bits per heavy atom. The molecule has 0 aliphatic heterocycles. The quantitative estimate of drug-likeness (QED) is 0.860. The summed E-state index contributed by atoms with van der Waals surface area (Å²) in [5.41, 5.74) is 2.08. The Bertz CT molecular complexity index is 587. The van der Waals surface area contributed by atoms with Crippen LogP contribution in [0.25, 0.3) is 0 Å². The Balaban J connectivity index is 2.04. The summed E-state index contributed by atoms with van der Waals surface area (Å²) < 4.78 is 5.16. The molecule has 2 rings (SSSR count). The van der Waals surface area contributed by atoms with Crippen molar-refractivity contribution in [2.75, 3.05) is 14.2 Å². The van der Waals surface area contributed by atoms with Crippen LogP contribution in [-0.4, -0.2) is 19.1 Å². The molecule has 21 heavy (non-hydrogen) atoms. The molecule has 0 amide bonds. The van der Waals surface area contributed by atoms with E-state index in [4.69, 9.17) is 27.9 Å². The van der Waals surface area contributed by atoms with Crippen LogP contribution in [0.3, 0.4) is 0 Å². The van der Waals surface area contributed by atoms with Gasteiger partial charge in [0.15, 0.2) is 0 Å². The third kappa shape index (κ3) is 4.34. The summed E-state index contributed by atoms with van der Waals surface area (Å²) in [5.74, 6) is 0.867. The monoisotopic (exact) mass is 324 g/mol. The Labute approximate surface area is 135 Å². The van der Waals surface area contributed by atoms with Crippen molar-refractivity contribution in [2.24, 2.45) is 0 Å². The molecular weight excluding hydrogens is 307 g/mol. The van der Waals surface area contributed by atoms with Crippen LogP contribution in [0.2, 0.25) is 10.0 Å². The number of benzene rings is 1. The largest absolute Gasteiger partial charge is 0.497 e. The zero-order chi connectivity index (χ0) is 15.2. The summed E-state index contributed by atoms with van der Waals surface area (Å²) in [6.45, 7) is 0. The Morgan fingerprint density at radius 1 is 1.24 bits per heavy atom. The van der Waals surface area contributed by atoms with E-state index < -0.39 is 0 Å². The number of nitrogens with zero attached hydrogens (tertiary/aromatic N) is 1. The van der Waals surface area contributed by atoms with Crippen molar-refractivity contribution in [2.45, 2.75) is 18.9 Å². The first-order valence-electron chi connectivity index (χ1n) is 6.75. The molecule has 0 spiro atoms. The molecule has 1 aromatic heterocycles. The van der Waals surface area contributed by atoms with Crippen molar-refractivity contribution in [3.63, 3.8) is 0 Å². The molecule has 1 atom stereocenters. The Morgan fingerprint density at radius 3 is 2.52 bits per heavy atom. The molecule has 0 aliphatic rings. The zero-order valence-corrected chi connectivity index (χ0v) is 13.6. The fraction of sp³-hybridized carbons (Fsp3) is 0.312. The van der Waals surface area contributed by atoms with Gasteiger partial charge >= 0.3 is 0 Å². The van der Waals surface area contributed by atoms with Crippen LogP contribution < -0.4 is 10.1 Å². The third-order valence-corrected chi connectivity index (χ3v) is 3.90. The van der Waals surface area contributed by atoms with E-state index in [1.807, 2.05) is 19.2 Å². The second-order valence-corrected chi connectivity index (χ2v) is 5.59. The van der Waals surface area contributed by atoms with E-state index in [1.54, 1.807) is 19.4 Å². The maximum absolute atomic E-state index is 6.22. The minimum atomic E-state index is 0.0943. The lowest BCUT2D eigenvalue weighted by molar-refractivity contribution is 0.414. The van der Waals surface area contributed by atoms with Crippen molar-refractivity contribution < 1.29 is 4.74 Å². The van der Waals surface area contributed by atoms with Gasteiger partial charge < -0.3 is 10.1 Å². The lowest BCUT2D eigenvalue weighted by Crippen LogP contribution is -2.18. The maximum Gasteiger partial charge on any atom is 0.118 e. The van der Waals surface area contributed by atoms with Crippen molar-refractivity contribution in [3.05, 3.63) is 57.8 Å². The molecule has 0 saturated heterocycles. The van der Waals surface area contributed by atoms with Crippen LogP contribution in [0, 0.1) is 0 Å². The van der Waals surface area contributed by atoms with E-state index >= 15 is 0 Å². The molecule has 112 valence electrons. The molecular formula is C16H18Cl2N2O. The van der Waals surface area contributed by atoms with Crippen molar-refractivity contribution >= 4 is 23.2 Å². The van der Waals surface area contributed by atoms with Crippen LogP contribution in [-0.2, 0) is 6.42 Å². The summed E-state index contributed by atoms with van der Waals surface area (Å²) in [6, 6.07) is 9.90. The Hall–Kier alpha value is -1.29. The summed E-state index contributed by atoms with van der Waals surface area (Å²) >= 11 is 12.1. The van der Waals surface area contributed by atoms with Crippen LogP contribution in [0.15, 0.2) is 36.5 Å². The molecule has 1 N–H and O–H groups in total. The number of aromatic nitrogens is 1. The van der Waals surface area contributed by atoms with Crippen molar-refractivity contribution in [3.8, 4) is 5.75 Å². The van der Waals surface area contributed by atoms with E-state index in [9.17, 15) is 0 Å². The normalized spacial score (nSPS) is 12.2. The van der Waals surface area contributed by atoms with E-state index in [0.29, 0.717) is 10.0 Å². The van der Waals surface area contributed by atoms with Gasteiger partial charge in [0.2, 0.25) is 0 Å². The highest BCUT2D eigenvalue weighted by Gasteiger charge is 2.15. The van der Waals surface area contributed by atoms with Gasteiger partial charge in [-0.05, 0) is 43.7 Å². The van der Waals surface area contributed by atoms with Gasteiger partial charge in [-0.1, -0.05) is 35.3 Å². The second-order valence-electron chi connectivity index (χ2n) is 4.75. The second kappa shape index (κ2) is 7.64. The number of nitrogens with one attached hydrogen (secondary N) is 1. The van der Waals surface area contributed by atoms with E-state index in [-0.39, 0.29) is 6.04 Å². The van der Waals surface area contributed by atoms with Gasteiger partial charge in [-0.2, -0.15) is 0 Å². The average Bonchev–Trinajstić information content (AvgIpc) is 2.50. The molecule has 0 bridgehead atoms. The molecule has 0 radical (unpaired) electrons. The van der Waals surface area contributed by atoms with Gasteiger partial charge in [0.05, 0.1) is 28.9 Å². The van der Waals surface area contributed by atoms with Gasteiger partial charge in [0, 0.05) is 6.20 Å². The summed E-state index contributed by atoms with van der Waals surface area (Å²) in [6.07, 6.45) is 3.45. The summed E-state index contributed by atoms with van der Waals surface area (Å²) in [5, 5.41) is 4.40. The molecule has 3 nitrogen and oxygen atoms in total. The van der Waals surface area contributed by atoms with E-state index in [2.05, 4.69) is 22.4 Å². The minimum absolute atomic E-state index is 0.0943. The summed E-state index contributed by atoms with van der Waals surface area (Å²) in [4.78, 5) is 4.34. The number of hydrogen-bond donors (Lipinski definition) is 1. The highest BCUT2D eigenvalue weighted by atomic mass is 35.5. The number of hydrogen-bond acceptors (Lipinski definition) is 3. The van der Waals surface area contributed by atoms with Crippen LogP contribution in [0.4, 0.5) is 0 Å². The number of ether oxygens (including phenoxy) is 1. The SMILES string of the molecule is CNC(CCc1ccc(OC)cc1)c1ncc(Cl)cc1Cl. The first-order valence-corrected chi connectivity index (χ1v) is 7.50. The highest BCUT2D eigenvalue weighted by Crippen LogP contribution is 2.26. The number of rotatable bonds is 6. The van der Waals surface area contributed by atoms with Crippen molar-refractivity contribution in [1.82, 2.24) is 10.3 Å². The van der Waals surface area contributed by atoms with Crippen molar-refractivity contribution in [1.29, 1.82) is 0 Å². The lowest BCUT2D eigenvalue weighted by atomic mass is 10.0. The Kier molecular flexibility index (Phi) is 5.85. The third-order valence-electron chi connectivity index (χ3n) is 3.40. The molecule has 2 aromatic rings. The molecule has 0 aliphatic carbocycles. The lowest BCUT2D eigenvalue weighted by Gasteiger charge is -2.17. The number of aryl methyl sites for hydroxylation is 1. The molecule has 1 unspecified atom stereocenters. The number of halogens is 2. The number of methoxy groups -OCH3 is 1. The van der Waals surface area contributed by atoms with Crippen LogP contribution in [0.5, 0.6) is 5.75 Å². The zero-order valence-electron chi connectivity index (χ0n) is 12.1. The predicted molar refractivity (Wildman–Crippen MR) is 87.4 cm³/mol. The fourth-order valence-corrected chi connectivity index (χ4v) is 2.71. The summed E-state index contributed by atoms with van der Waals surface area (Å²) in [7, 11) is 3.57. The molecule has 0 saturated carbocycles. The maximum atomic E-state index is 6.22. The molecule has 1 aromatic carbocycles. The van der Waals surface area contributed by atoms with E-state index in [0.717, 1.165) is 24.3 Å². The highest BCUT2D eigenvalue weighted by molar-refractivity contribution is 6.34. The minimum Gasteiger partial charge on any atom is -0.497 e. The van der Waals surface area contributed by atoms with Gasteiger partial charge in [-0.25, -0.2) is 0 Å². The van der Waals surface area contributed by atoms with E-state index in [1.165, 1.54) is 5.56 Å². The molecule has 0 fully saturated rings. The van der Waals surface area contributed by atoms with Gasteiger partial charge in [0.1, 0.15) is 5.75 Å². The topological polar surface area (TPSA) is 34.1 Å². The number of pyridine rings is 1. The predicted octanol–water partition coefficient (Wildman–Crippen LogP) is 4.29. The van der Waals surface area contributed by atoms with Crippen LogP contribution >= 0.6 is 23.2 Å². The van der Waals surface area contributed by atoms with Gasteiger partial charge in [-0.3, -0.25) is 4.98 Å². The van der Waals surface area contributed by atoms with Gasteiger partial charge in [-0.15, -0.1) is 0 Å². The smallest absolute Gasteiger partial charge is 0.118 e. The molecule has 1 heterocycles.